The van der Waals surface area contributed by atoms with Gasteiger partial charge < -0.3 is 18.5 Å². The van der Waals surface area contributed by atoms with Gasteiger partial charge in [0.2, 0.25) is 0 Å². The molecule has 0 bridgehead atoms. The maximum Gasteiger partial charge on any atom is 0.480 e. The number of carbonyl (C=O) groups excluding carboxylic acids is 1. The first-order chi connectivity index (χ1) is 12.6. The molecule has 0 aromatic carbocycles. The van der Waals surface area contributed by atoms with E-state index in [1.165, 1.54) is 0 Å². The van der Waals surface area contributed by atoms with Crippen molar-refractivity contribution in [2.24, 2.45) is 0 Å². The number of rotatable bonds is 8. The van der Waals surface area contributed by atoms with Crippen molar-refractivity contribution < 1.29 is 62.3 Å². The minimum Gasteiger partial charge on any atom is -0.456 e. The lowest BCUT2D eigenvalue weighted by Gasteiger charge is -2.28. The molecule has 0 atom stereocenters. The molecule has 0 aromatic heterocycles. The van der Waals surface area contributed by atoms with Crippen molar-refractivity contribution in [3.63, 3.8) is 0 Å². The van der Waals surface area contributed by atoms with Gasteiger partial charge in [-0.3, -0.25) is 0 Å². The molecule has 174 valence electrons. The highest BCUT2D eigenvalue weighted by molar-refractivity contribution is 8.13. The molecule has 0 saturated carbocycles. The quantitative estimate of drug-likeness (QED) is 0.238. The molecule has 0 fully saturated rings. The highest BCUT2D eigenvalue weighted by Crippen LogP contribution is 2.36. The number of aliphatic hydroxyl groups is 1. The summed E-state index contributed by atoms with van der Waals surface area (Å²) in [6.07, 6.45) is 0. The van der Waals surface area contributed by atoms with Crippen molar-refractivity contribution in [1.82, 2.24) is 0 Å². The summed E-state index contributed by atoms with van der Waals surface area (Å²) in [5.74, 6) is -0.353. The highest BCUT2D eigenvalue weighted by atomic mass is 32.3. The molecule has 0 radical (unpaired) electrons. The maximum atomic E-state index is 11.4. The zero-order valence-corrected chi connectivity index (χ0v) is 17.0. The minimum atomic E-state index is -6.72. The van der Waals surface area contributed by atoms with E-state index in [1.54, 1.807) is 6.92 Å². The Morgan fingerprint density at radius 3 is 1.66 bits per heavy atom. The van der Waals surface area contributed by atoms with Gasteiger partial charge in [0.15, 0.2) is 20.0 Å². The van der Waals surface area contributed by atoms with E-state index >= 15 is 0 Å². The molecular formula is C12H20F6N2O7S2. The van der Waals surface area contributed by atoms with Gasteiger partial charge in [-0.25, -0.2) is 21.6 Å². The number of quaternary nitrogens is 1. The number of hydrogen-bond donors (Lipinski definition) is 1. The van der Waals surface area contributed by atoms with Crippen LogP contribution in [0, 0.1) is 0 Å². The van der Waals surface area contributed by atoms with Crippen LogP contribution in [0.15, 0.2) is 12.2 Å². The van der Waals surface area contributed by atoms with E-state index in [0.717, 1.165) is 4.13 Å². The summed E-state index contributed by atoms with van der Waals surface area (Å²) in [4.78, 5) is 11.0. The molecule has 0 saturated heterocycles. The highest BCUT2D eigenvalue weighted by Gasteiger charge is 2.46. The van der Waals surface area contributed by atoms with Crippen molar-refractivity contribution in [1.29, 1.82) is 0 Å². The molecular weight excluding hydrogens is 462 g/mol. The van der Waals surface area contributed by atoms with E-state index in [-0.39, 0.29) is 12.6 Å². The number of ether oxygens (including phenoxy) is 1. The average Bonchev–Trinajstić information content (AvgIpc) is 2.43. The summed E-state index contributed by atoms with van der Waals surface area (Å²) in [5, 5.41) is 8.76. The van der Waals surface area contributed by atoms with Gasteiger partial charge in [-0.2, -0.15) is 26.3 Å². The van der Waals surface area contributed by atoms with Gasteiger partial charge in [-0.1, -0.05) is 6.58 Å². The van der Waals surface area contributed by atoms with Gasteiger partial charge in [-0.15, -0.1) is 0 Å². The zero-order chi connectivity index (χ0) is 23.9. The van der Waals surface area contributed by atoms with Crippen molar-refractivity contribution in [3.8, 4) is 0 Å². The van der Waals surface area contributed by atoms with Gasteiger partial charge in [0.1, 0.15) is 19.7 Å². The fraction of sp³-hybridized carbons (Fsp3) is 0.750. The summed E-state index contributed by atoms with van der Waals surface area (Å²) < 4.78 is 115. The van der Waals surface area contributed by atoms with Crippen LogP contribution in [-0.4, -0.2) is 83.8 Å². The van der Waals surface area contributed by atoms with Crippen LogP contribution in [0.3, 0.4) is 0 Å². The number of sulfonamides is 2. The summed E-state index contributed by atoms with van der Waals surface area (Å²) >= 11 is 0. The first kappa shape index (κ1) is 29.8. The molecule has 29 heavy (non-hydrogen) atoms. The molecule has 0 aromatic rings. The van der Waals surface area contributed by atoms with E-state index in [9.17, 15) is 48.0 Å². The number of nitrogens with zero attached hydrogens (tertiary/aromatic N) is 2. The van der Waals surface area contributed by atoms with E-state index in [1.807, 2.05) is 14.1 Å². The average molecular weight is 482 g/mol. The Balaban J connectivity index is 0. The largest absolute Gasteiger partial charge is 0.480 e. The standard InChI is InChI=1S/C10H20NO3.C2F6NO4S2/c1-9(2)10(13)14-8-6-11(3,4)5-7-12;3-1(4,5)14(10,11)9-15(12,13)2(6,7)8/h12H,1,5-8H2,2-4H3;/q+1;-1. The van der Waals surface area contributed by atoms with Crippen molar-refractivity contribution >= 4 is 26.0 Å². The van der Waals surface area contributed by atoms with Gasteiger partial charge in [0.25, 0.3) is 0 Å². The molecule has 1 N–H and O–H groups in total. The summed E-state index contributed by atoms with van der Waals surface area (Å²) in [7, 11) is -9.49. The Hall–Kier alpha value is -1.43. The molecule has 0 rings (SSSR count). The Morgan fingerprint density at radius 1 is 1.00 bits per heavy atom. The van der Waals surface area contributed by atoms with Gasteiger partial charge >= 0.3 is 17.0 Å². The van der Waals surface area contributed by atoms with Crippen molar-refractivity contribution in [3.05, 3.63) is 16.3 Å². The van der Waals surface area contributed by atoms with Gasteiger partial charge in [0.05, 0.1) is 20.7 Å². The lowest BCUT2D eigenvalue weighted by Crippen LogP contribution is -2.44. The van der Waals surface area contributed by atoms with Crippen molar-refractivity contribution in [2.45, 2.75) is 17.9 Å². The van der Waals surface area contributed by atoms with E-state index in [0.29, 0.717) is 29.8 Å². The van der Waals surface area contributed by atoms with E-state index < -0.39 is 31.1 Å². The lowest BCUT2D eigenvalue weighted by molar-refractivity contribution is -0.890. The Bertz CT molecular complexity index is 732. The van der Waals surface area contributed by atoms with Crippen LogP contribution in [0.1, 0.15) is 6.92 Å². The van der Waals surface area contributed by atoms with Gasteiger partial charge in [0, 0.05) is 5.57 Å². The van der Waals surface area contributed by atoms with Gasteiger partial charge in [-0.05, 0) is 6.92 Å². The van der Waals surface area contributed by atoms with Crippen LogP contribution in [0.25, 0.3) is 4.13 Å². The third-order valence-electron chi connectivity index (χ3n) is 2.76. The van der Waals surface area contributed by atoms with Crippen molar-refractivity contribution in [2.75, 3.05) is 40.4 Å². The van der Waals surface area contributed by atoms with E-state index in [2.05, 4.69) is 6.58 Å². The predicted octanol–water partition coefficient (Wildman–Crippen LogP) is 1.23. The first-order valence-corrected chi connectivity index (χ1v) is 10.1. The number of carbonyl (C=O) groups is 1. The summed E-state index contributed by atoms with van der Waals surface area (Å²) in [6, 6.07) is 0. The van der Waals surface area contributed by atoms with E-state index in [4.69, 9.17) is 9.84 Å². The molecule has 0 heterocycles. The smallest absolute Gasteiger partial charge is 0.456 e. The summed E-state index contributed by atoms with van der Waals surface area (Å²) in [5.41, 5.74) is -12.0. The molecule has 0 aliphatic carbocycles. The predicted molar refractivity (Wildman–Crippen MR) is 88.0 cm³/mol. The number of halogens is 6. The fourth-order valence-electron chi connectivity index (χ4n) is 1.10. The Labute approximate surface area is 163 Å². The minimum absolute atomic E-state index is 0.140. The van der Waals surface area contributed by atoms with Crippen LogP contribution >= 0.6 is 0 Å². The lowest BCUT2D eigenvalue weighted by atomic mass is 10.4. The normalized spacial score (nSPS) is 13.3. The van der Waals surface area contributed by atoms with Crippen LogP contribution in [0.5, 0.6) is 0 Å². The SMILES string of the molecule is C=C(C)C(=O)OCC[N+](C)(C)CCO.O=S(=O)([N-]S(=O)(=O)C(F)(F)F)C(F)(F)F. The number of likely N-dealkylation sites (N-methyl/N-ethyl adjacent to an activating group) is 1. The number of esters is 1. The molecule has 0 aliphatic rings. The van der Waals surface area contributed by atoms with Crippen LogP contribution in [0.2, 0.25) is 0 Å². The zero-order valence-electron chi connectivity index (χ0n) is 15.4. The monoisotopic (exact) mass is 482 g/mol. The number of alkyl halides is 6. The molecule has 0 amide bonds. The Morgan fingerprint density at radius 2 is 1.38 bits per heavy atom. The molecule has 0 aliphatic heterocycles. The fourth-order valence-corrected chi connectivity index (χ4v) is 2.81. The first-order valence-electron chi connectivity index (χ1n) is 7.22. The molecule has 0 spiro atoms. The van der Waals surface area contributed by atoms with Crippen LogP contribution in [-0.2, 0) is 29.6 Å². The third-order valence-corrected chi connectivity index (χ3v) is 5.50. The summed E-state index contributed by atoms with van der Waals surface area (Å²) in [6.45, 7) is 6.96. The molecule has 0 unspecified atom stereocenters. The second kappa shape index (κ2) is 10.6. The molecule has 9 nitrogen and oxygen atoms in total. The van der Waals surface area contributed by atoms with Crippen LogP contribution < -0.4 is 0 Å². The third kappa shape index (κ3) is 11.4. The Kier molecular flexibility index (Phi) is 10.8. The van der Waals surface area contributed by atoms with Crippen LogP contribution in [0.4, 0.5) is 26.3 Å². The second-order valence-corrected chi connectivity index (χ2v) is 9.36. The topological polar surface area (TPSA) is 129 Å². The number of hydrogen-bond acceptors (Lipinski definition) is 7. The number of aliphatic hydroxyl groups excluding tert-OH is 1. The maximum absolute atomic E-state index is 11.4. The second-order valence-electron chi connectivity index (χ2n) is 5.94. The molecule has 17 heteroatoms.